The van der Waals surface area contributed by atoms with Gasteiger partial charge in [0.05, 0.1) is 0 Å². The molecule has 3 heteroatoms. The van der Waals surface area contributed by atoms with Gasteiger partial charge in [-0.25, -0.2) is 0 Å². The molecule has 3 aromatic rings. The van der Waals surface area contributed by atoms with Crippen molar-refractivity contribution < 1.29 is 0 Å². The molecule has 0 saturated carbocycles. The zero-order valence-corrected chi connectivity index (χ0v) is 14.5. The standard InChI is InChI=1S/C14H11Se3/c1-10-8-13(11-4-2-6-15-11)17-14(9-10)12-5-3-7-16-12/h2-9H,1H3/q+1. The van der Waals surface area contributed by atoms with E-state index in [0.717, 1.165) is 0 Å². The van der Waals surface area contributed by atoms with Gasteiger partial charge >= 0.3 is 120 Å². The molecule has 0 aromatic carbocycles. The van der Waals surface area contributed by atoms with Gasteiger partial charge in [0.25, 0.3) is 0 Å². The average Bonchev–Trinajstić information content (AvgIpc) is 3.02. The second kappa shape index (κ2) is 5.24. The van der Waals surface area contributed by atoms with Crippen LogP contribution in [0.15, 0.2) is 46.3 Å². The van der Waals surface area contributed by atoms with Gasteiger partial charge in [0.15, 0.2) is 0 Å². The van der Waals surface area contributed by atoms with E-state index in [4.69, 9.17) is 0 Å². The molecular formula is C14H11Se3+. The predicted molar refractivity (Wildman–Crippen MR) is 77.3 cm³/mol. The van der Waals surface area contributed by atoms with E-state index in [1.165, 1.54) is 5.56 Å². The Morgan fingerprint density at radius 1 is 0.882 bits per heavy atom. The van der Waals surface area contributed by atoms with Crippen molar-refractivity contribution in [2.24, 2.45) is 0 Å². The molecule has 0 atom stereocenters. The average molecular weight is 416 g/mol. The molecule has 0 nitrogen and oxygen atoms in total. The molecule has 3 aromatic heterocycles. The van der Waals surface area contributed by atoms with Crippen LogP contribution < -0.4 is 0 Å². The van der Waals surface area contributed by atoms with Gasteiger partial charge in [-0.1, -0.05) is 0 Å². The first-order chi connectivity index (χ1) is 8.33. The van der Waals surface area contributed by atoms with E-state index >= 15 is 0 Å². The van der Waals surface area contributed by atoms with Crippen molar-refractivity contribution in [1.82, 2.24) is 0 Å². The fourth-order valence-corrected chi connectivity index (χ4v) is 8.57. The van der Waals surface area contributed by atoms with Gasteiger partial charge in [0.2, 0.25) is 0 Å². The molecule has 0 unspecified atom stereocenters. The van der Waals surface area contributed by atoms with E-state index in [-0.39, 0.29) is 0 Å². The van der Waals surface area contributed by atoms with Crippen molar-refractivity contribution in [2.45, 2.75) is 6.92 Å². The molecule has 0 fully saturated rings. The molecule has 0 aliphatic heterocycles. The molecule has 0 N–H and O–H groups in total. The molecule has 17 heavy (non-hydrogen) atoms. The van der Waals surface area contributed by atoms with Crippen LogP contribution in [0.1, 0.15) is 5.56 Å². The Kier molecular flexibility index (Phi) is 3.68. The summed E-state index contributed by atoms with van der Waals surface area (Å²) in [6.07, 6.45) is 0. The fraction of sp³-hybridized carbons (Fsp3) is 0.0714. The molecule has 0 bridgehead atoms. The van der Waals surface area contributed by atoms with Gasteiger partial charge in [-0.2, -0.15) is 0 Å². The molecule has 0 aliphatic rings. The topological polar surface area (TPSA) is 0 Å². The molecule has 84 valence electrons. The van der Waals surface area contributed by atoms with E-state index in [0.29, 0.717) is 43.5 Å². The maximum atomic E-state index is 2.39. The summed E-state index contributed by atoms with van der Waals surface area (Å²) in [5.41, 5.74) is 1.41. The van der Waals surface area contributed by atoms with Crippen LogP contribution in [0.2, 0.25) is 0 Å². The molecule has 0 saturated heterocycles. The Balaban J connectivity index is 2.13. The summed E-state index contributed by atoms with van der Waals surface area (Å²) >= 11 is 1.66. The van der Waals surface area contributed by atoms with Gasteiger partial charge in [0.1, 0.15) is 0 Å². The molecular weight excluding hydrogens is 405 g/mol. The monoisotopic (exact) mass is 419 g/mol. The normalized spacial score (nSPS) is 10.6. The van der Waals surface area contributed by atoms with Crippen LogP contribution in [0.5, 0.6) is 0 Å². The molecule has 3 heterocycles. The van der Waals surface area contributed by atoms with Crippen LogP contribution in [0, 0.1) is 6.92 Å². The zero-order chi connectivity index (χ0) is 11.7. The summed E-state index contributed by atoms with van der Waals surface area (Å²) in [6.45, 7) is 2.22. The predicted octanol–water partition coefficient (Wildman–Crippen LogP) is 2.78. The zero-order valence-electron chi connectivity index (χ0n) is 9.34. The van der Waals surface area contributed by atoms with Crippen molar-refractivity contribution in [1.29, 1.82) is 0 Å². The van der Waals surface area contributed by atoms with Gasteiger partial charge < -0.3 is 0 Å². The van der Waals surface area contributed by atoms with Crippen molar-refractivity contribution in [3.63, 3.8) is 0 Å². The van der Waals surface area contributed by atoms with Crippen LogP contribution in [-0.4, -0.2) is 43.5 Å². The van der Waals surface area contributed by atoms with E-state index < -0.39 is 0 Å². The third-order valence-electron chi connectivity index (χ3n) is 2.47. The maximum absolute atomic E-state index is 2.39. The molecule has 0 aliphatic carbocycles. The molecule has 3 rings (SSSR count). The number of hydrogen-bond acceptors (Lipinski definition) is 0. The minimum atomic E-state index is 0.513. The quantitative estimate of drug-likeness (QED) is 0.564. The van der Waals surface area contributed by atoms with Gasteiger partial charge in [0, 0.05) is 0 Å². The Labute approximate surface area is 119 Å². The van der Waals surface area contributed by atoms with Crippen molar-refractivity contribution in [3.05, 3.63) is 51.8 Å². The van der Waals surface area contributed by atoms with Crippen LogP contribution in [0.25, 0.3) is 17.7 Å². The summed E-state index contributed by atoms with van der Waals surface area (Å²) < 4.78 is 6.37. The first-order valence-electron chi connectivity index (χ1n) is 5.35. The van der Waals surface area contributed by atoms with Crippen LogP contribution in [0.4, 0.5) is 0 Å². The van der Waals surface area contributed by atoms with Gasteiger partial charge in [-0.3, -0.25) is 0 Å². The SMILES string of the molecule is Cc1cc(-c2ccc[se]2)[se+]c(-c2ccc[se]2)c1. The summed E-state index contributed by atoms with van der Waals surface area (Å²) in [6, 6.07) is 13.8. The van der Waals surface area contributed by atoms with E-state index in [1.54, 1.807) is 17.7 Å². The third kappa shape index (κ3) is 2.66. The number of hydrogen-bond donors (Lipinski definition) is 0. The molecule has 0 radical (unpaired) electrons. The van der Waals surface area contributed by atoms with Crippen molar-refractivity contribution in [2.75, 3.05) is 0 Å². The Bertz CT molecular complexity index is 554. The van der Waals surface area contributed by atoms with Gasteiger partial charge in [-0.05, 0) is 0 Å². The van der Waals surface area contributed by atoms with Crippen LogP contribution >= 0.6 is 0 Å². The third-order valence-corrected chi connectivity index (χ3v) is 9.91. The second-order valence-electron chi connectivity index (χ2n) is 3.82. The fourth-order valence-electron chi connectivity index (χ4n) is 1.71. The van der Waals surface area contributed by atoms with E-state index in [2.05, 4.69) is 53.2 Å². The Morgan fingerprint density at radius 2 is 1.41 bits per heavy atom. The van der Waals surface area contributed by atoms with E-state index in [1.807, 2.05) is 0 Å². The summed E-state index contributed by atoms with van der Waals surface area (Å²) in [7, 11) is 0. The summed E-state index contributed by atoms with van der Waals surface area (Å²) in [5.74, 6) is 0. The van der Waals surface area contributed by atoms with Crippen LogP contribution in [-0.2, 0) is 0 Å². The van der Waals surface area contributed by atoms with E-state index in [9.17, 15) is 0 Å². The first-order valence-corrected chi connectivity index (χ1v) is 10.8. The van der Waals surface area contributed by atoms with Crippen molar-refractivity contribution >= 4 is 43.5 Å². The second-order valence-corrected chi connectivity index (χ2v) is 10.1. The van der Waals surface area contributed by atoms with Gasteiger partial charge in [-0.15, -0.1) is 0 Å². The number of aryl methyl sites for hydroxylation is 1. The van der Waals surface area contributed by atoms with Crippen LogP contribution in [0.3, 0.4) is 0 Å². The Hall–Kier alpha value is -0.132. The summed E-state index contributed by atoms with van der Waals surface area (Å²) in [5, 5.41) is 0. The first kappa shape index (κ1) is 11.9. The summed E-state index contributed by atoms with van der Waals surface area (Å²) in [4.78, 5) is 4.62. The number of rotatable bonds is 2. The molecule has 0 spiro atoms. The molecule has 0 amide bonds. The van der Waals surface area contributed by atoms with Crippen molar-refractivity contribution in [3.8, 4) is 17.7 Å². The Morgan fingerprint density at radius 3 is 1.82 bits per heavy atom. The minimum absolute atomic E-state index is 0.513.